The van der Waals surface area contributed by atoms with Crippen LogP contribution in [0.4, 0.5) is 0 Å². The van der Waals surface area contributed by atoms with Crippen molar-refractivity contribution in [2.75, 3.05) is 0 Å². The van der Waals surface area contributed by atoms with Crippen LogP contribution in [0, 0.1) is 23.2 Å². The largest absolute Gasteiger partial charge is 0.326 e. The van der Waals surface area contributed by atoms with Crippen molar-refractivity contribution >= 4 is 0 Å². The molecule has 92 valence electrons. The fourth-order valence-electron chi connectivity index (χ4n) is 5.18. The summed E-state index contributed by atoms with van der Waals surface area (Å²) in [7, 11) is 0. The molecule has 1 nitrogen and oxygen atoms in total. The van der Waals surface area contributed by atoms with Crippen molar-refractivity contribution in [1.29, 1.82) is 0 Å². The van der Waals surface area contributed by atoms with Gasteiger partial charge in [0.2, 0.25) is 0 Å². The Morgan fingerprint density at radius 1 is 1.00 bits per heavy atom. The third kappa shape index (κ3) is 2.03. The van der Waals surface area contributed by atoms with Crippen molar-refractivity contribution in [2.24, 2.45) is 28.9 Å². The summed E-state index contributed by atoms with van der Waals surface area (Å²) in [5, 5.41) is 0. The Morgan fingerprint density at radius 2 is 1.44 bits per heavy atom. The van der Waals surface area contributed by atoms with Crippen LogP contribution in [0.1, 0.15) is 65.2 Å². The van der Waals surface area contributed by atoms with Crippen LogP contribution < -0.4 is 5.73 Å². The number of hydrogen-bond acceptors (Lipinski definition) is 1. The minimum Gasteiger partial charge on any atom is -0.326 e. The zero-order chi connectivity index (χ0) is 11.4. The minimum atomic E-state index is 0.0450. The molecule has 0 amide bonds. The number of rotatable bonds is 3. The van der Waals surface area contributed by atoms with E-state index in [-0.39, 0.29) is 5.54 Å². The molecule has 0 aromatic carbocycles. The third-order valence-electron chi connectivity index (χ3n) is 5.46. The zero-order valence-electron chi connectivity index (χ0n) is 11.0. The molecule has 4 aliphatic rings. The monoisotopic (exact) mass is 221 g/mol. The topological polar surface area (TPSA) is 26.0 Å². The van der Waals surface area contributed by atoms with E-state index in [1.54, 1.807) is 19.3 Å². The summed E-state index contributed by atoms with van der Waals surface area (Å²) in [5.74, 6) is 3.27. The highest BCUT2D eigenvalue weighted by molar-refractivity contribution is 5.01. The molecule has 4 saturated carbocycles. The van der Waals surface area contributed by atoms with E-state index in [1.165, 1.54) is 32.1 Å². The van der Waals surface area contributed by atoms with Crippen LogP contribution in [0.15, 0.2) is 0 Å². The highest BCUT2D eigenvalue weighted by Crippen LogP contribution is 2.61. The molecule has 0 heterocycles. The summed E-state index contributed by atoms with van der Waals surface area (Å²) in [5.41, 5.74) is 6.94. The predicted molar refractivity (Wildman–Crippen MR) is 68.1 cm³/mol. The van der Waals surface area contributed by atoms with Crippen LogP contribution in [0.5, 0.6) is 0 Å². The summed E-state index contributed by atoms with van der Waals surface area (Å²) >= 11 is 0. The van der Waals surface area contributed by atoms with E-state index in [0.29, 0.717) is 0 Å². The van der Waals surface area contributed by atoms with E-state index in [2.05, 4.69) is 13.8 Å². The van der Waals surface area contributed by atoms with Crippen molar-refractivity contribution < 1.29 is 0 Å². The molecule has 1 heteroatoms. The second-order valence-corrected chi connectivity index (χ2v) is 7.91. The summed E-state index contributed by atoms with van der Waals surface area (Å²) in [6, 6.07) is 0. The molecule has 4 bridgehead atoms. The lowest BCUT2D eigenvalue weighted by Gasteiger charge is -2.57. The molecule has 16 heavy (non-hydrogen) atoms. The van der Waals surface area contributed by atoms with Crippen molar-refractivity contribution in [3.05, 3.63) is 0 Å². The lowest BCUT2D eigenvalue weighted by atomic mass is 9.48. The van der Waals surface area contributed by atoms with Gasteiger partial charge in [0, 0.05) is 5.54 Å². The molecular formula is C15H27N. The van der Waals surface area contributed by atoms with Crippen LogP contribution in [0.3, 0.4) is 0 Å². The van der Waals surface area contributed by atoms with E-state index in [4.69, 9.17) is 5.73 Å². The smallest absolute Gasteiger partial charge is 0.00972 e. The zero-order valence-corrected chi connectivity index (χ0v) is 11.0. The molecule has 0 unspecified atom stereocenters. The van der Waals surface area contributed by atoms with Crippen LogP contribution in [-0.4, -0.2) is 5.54 Å². The van der Waals surface area contributed by atoms with Gasteiger partial charge in [0.25, 0.3) is 0 Å². The molecule has 0 atom stereocenters. The molecule has 0 saturated heterocycles. The maximum absolute atomic E-state index is 6.16. The molecule has 0 radical (unpaired) electrons. The van der Waals surface area contributed by atoms with Gasteiger partial charge in [0.05, 0.1) is 0 Å². The first-order chi connectivity index (χ1) is 7.44. The Hall–Kier alpha value is -0.0400. The summed E-state index contributed by atoms with van der Waals surface area (Å²) in [4.78, 5) is 0. The Balaban J connectivity index is 1.69. The van der Waals surface area contributed by atoms with Gasteiger partial charge in [-0.1, -0.05) is 0 Å². The standard InChI is InChI=1S/C15H27N/c1-14(2,16)3-4-15-8-11-5-12(9-15)7-13(6-11)10-15/h11-13H,3-10,16H2,1-2H3. The van der Waals surface area contributed by atoms with Gasteiger partial charge in [-0.15, -0.1) is 0 Å². The van der Waals surface area contributed by atoms with E-state index < -0.39 is 0 Å². The fourth-order valence-corrected chi connectivity index (χ4v) is 5.18. The minimum absolute atomic E-state index is 0.0450. The van der Waals surface area contributed by atoms with Crippen molar-refractivity contribution in [2.45, 2.75) is 70.8 Å². The normalized spacial score (nSPS) is 46.3. The van der Waals surface area contributed by atoms with Crippen LogP contribution >= 0.6 is 0 Å². The van der Waals surface area contributed by atoms with Crippen LogP contribution in [0.25, 0.3) is 0 Å². The first kappa shape index (κ1) is 11.1. The Labute approximate surface area is 100 Å². The highest BCUT2D eigenvalue weighted by Gasteiger charge is 2.50. The maximum Gasteiger partial charge on any atom is 0.00972 e. The van der Waals surface area contributed by atoms with Gasteiger partial charge in [-0.05, 0) is 88.4 Å². The van der Waals surface area contributed by atoms with Crippen LogP contribution in [0.2, 0.25) is 0 Å². The first-order valence-electron chi connectivity index (χ1n) is 7.23. The SMILES string of the molecule is CC(C)(N)CCC12CC3CC(CC(C3)C1)C2. The quantitative estimate of drug-likeness (QED) is 0.772. The predicted octanol–water partition coefficient (Wildman–Crippen LogP) is 3.72. The second-order valence-electron chi connectivity index (χ2n) is 7.91. The molecule has 0 spiro atoms. The van der Waals surface area contributed by atoms with Gasteiger partial charge < -0.3 is 5.73 Å². The number of hydrogen-bond donors (Lipinski definition) is 1. The van der Waals surface area contributed by atoms with E-state index in [1.807, 2.05) is 0 Å². The summed E-state index contributed by atoms with van der Waals surface area (Å²) in [6.45, 7) is 4.38. The maximum atomic E-state index is 6.16. The Kier molecular flexibility index (Phi) is 2.41. The third-order valence-corrected chi connectivity index (χ3v) is 5.46. The van der Waals surface area contributed by atoms with Crippen LogP contribution in [-0.2, 0) is 0 Å². The van der Waals surface area contributed by atoms with Gasteiger partial charge in [-0.2, -0.15) is 0 Å². The van der Waals surface area contributed by atoms with Crippen molar-refractivity contribution in [3.63, 3.8) is 0 Å². The average molecular weight is 221 g/mol. The summed E-state index contributed by atoms with van der Waals surface area (Å²) in [6.07, 6.45) is 11.9. The second kappa shape index (κ2) is 3.48. The van der Waals surface area contributed by atoms with Gasteiger partial charge in [0.1, 0.15) is 0 Å². The lowest BCUT2D eigenvalue weighted by Crippen LogP contribution is -2.47. The van der Waals surface area contributed by atoms with E-state index in [9.17, 15) is 0 Å². The van der Waals surface area contributed by atoms with Gasteiger partial charge >= 0.3 is 0 Å². The van der Waals surface area contributed by atoms with Gasteiger partial charge in [0.15, 0.2) is 0 Å². The molecule has 4 aliphatic carbocycles. The summed E-state index contributed by atoms with van der Waals surface area (Å²) < 4.78 is 0. The fraction of sp³-hybridized carbons (Fsp3) is 1.00. The Morgan fingerprint density at radius 3 is 1.81 bits per heavy atom. The molecular weight excluding hydrogens is 194 g/mol. The molecule has 0 aliphatic heterocycles. The van der Waals surface area contributed by atoms with Gasteiger partial charge in [-0.3, -0.25) is 0 Å². The highest BCUT2D eigenvalue weighted by atomic mass is 14.7. The number of nitrogens with two attached hydrogens (primary N) is 1. The van der Waals surface area contributed by atoms with E-state index in [0.717, 1.165) is 23.2 Å². The molecule has 4 rings (SSSR count). The molecule has 2 N–H and O–H groups in total. The molecule has 0 aromatic rings. The average Bonchev–Trinajstić information content (AvgIpc) is 2.11. The Bertz CT molecular complexity index is 238. The van der Waals surface area contributed by atoms with E-state index >= 15 is 0 Å². The van der Waals surface area contributed by atoms with Gasteiger partial charge in [-0.25, -0.2) is 0 Å². The van der Waals surface area contributed by atoms with Crippen molar-refractivity contribution in [1.82, 2.24) is 0 Å². The lowest BCUT2D eigenvalue weighted by molar-refractivity contribution is -0.0601. The molecule has 0 aromatic heterocycles. The molecule has 4 fully saturated rings. The van der Waals surface area contributed by atoms with Crippen molar-refractivity contribution in [3.8, 4) is 0 Å². The first-order valence-corrected chi connectivity index (χ1v) is 7.23.